The third-order valence-electron chi connectivity index (χ3n) is 5.34. The molecule has 30 heavy (non-hydrogen) atoms. The average molecular weight is 427 g/mol. The van der Waals surface area contributed by atoms with E-state index < -0.39 is 11.5 Å². The lowest BCUT2D eigenvalue weighted by molar-refractivity contribution is 0.0948. The van der Waals surface area contributed by atoms with E-state index in [2.05, 4.69) is 27.2 Å². The molecule has 5 rings (SSSR count). The van der Waals surface area contributed by atoms with Crippen LogP contribution in [0, 0.1) is 5.92 Å². The van der Waals surface area contributed by atoms with Crippen LogP contribution in [0.3, 0.4) is 0 Å². The fourth-order valence-electron chi connectivity index (χ4n) is 3.75. The Labute approximate surface area is 176 Å². The third kappa shape index (κ3) is 3.47. The van der Waals surface area contributed by atoms with Gasteiger partial charge in [-0.25, -0.2) is 4.98 Å². The largest absolute Gasteiger partial charge is 0.454 e. The smallest absolute Gasteiger partial charge is 0.288 e. The van der Waals surface area contributed by atoms with E-state index in [9.17, 15) is 9.59 Å². The molecule has 4 heterocycles. The number of nitrogens with one attached hydrogen (secondary N) is 1. The second-order valence-corrected chi connectivity index (χ2v) is 8.55. The van der Waals surface area contributed by atoms with Crippen LogP contribution in [0.25, 0.3) is 4.96 Å². The molecule has 1 saturated heterocycles. The minimum Gasteiger partial charge on any atom is -0.454 e. The maximum Gasteiger partial charge on any atom is 0.288 e. The van der Waals surface area contributed by atoms with Crippen LogP contribution in [0.1, 0.15) is 35.7 Å². The summed E-state index contributed by atoms with van der Waals surface area (Å²) in [6, 6.07) is 5.45. The molecule has 156 valence electrons. The third-order valence-corrected chi connectivity index (χ3v) is 6.32. The van der Waals surface area contributed by atoms with Gasteiger partial charge in [-0.05, 0) is 36.5 Å². The van der Waals surface area contributed by atoms with Crippen LogP contribution in [0.5, 0.6) is 11.5 Å². The lowest BCUT2D eigenvalue weighted by atomic mass is 10.0. The van der Waals surface area contributed by atoms with Gasteiger partial charge in [-0.1, -0.05) is 24.3 Å². The molecule has 0 spiro atoms. The highest BCUT2D eigenvalue weighted by atomic mass is 32.1. The molecule has 2 aliphatic rings. The number of piperidine rings is 1. The second kappa shape index (κ2) is 7.60. The highest BCUT2D eigenvalue weighted by molar-refractivity contribution is 7.20. The molecule has 1 atom stereocenters. The number of carbonyl (C=O) groups excluding carboxylic acids is 1. The van der Waals surface area contributed by atoms with Gasteiger partial charge in [0.05, 0.1) is 0 Å². The van der Waals surface area contributed by atoms with Crippen LogP contribution in [0.15, 0.2) is 29.2 Å². The first-order valence-electron chi connectivity index (χ1n) is 9.89. The summed E-state index contributed by atoms with van der Waals surface area (Å²) >= 11 is 1.37. The van der Waals surface area contributed by atoms with Crippen molar-refractivity contribution >= 4 is 27.3 Å². The van der Waals surface area contributed by atoms with Gasteiger partial charge in [0.2, 0.25) is 16.9 Å². The first-order chi connectivity index (χ1) is 14.6. The molecule has 0 aliphatic carbocycles. The number of benzene rings is 1. The van der Waals surface area contributed by atoms with Crippen LogP contribution >= 0.6 is 11.3 Å². The summed E-state index contributed by atoms with van der Waals surface area (Å²) in [4.78, 5) is 32.4. The number of amides is 1. The lowest BCUT2D eigenvalue weighted by Gasteiger charge is -2.30. The van der Waals surface area contributed by atoms with E-state index in [1.165, 1.54) is 28.5 Å². The minimum atomic E-state index is -0.485. The zero-order chi connectivity index (χ0) is 20.7. The van der Waals surface area contributed by atoms with Gasteiger partial charge < -0.3 is 19.7 Å². The van der Waals surface area contributed by atoms with Crippen molar-refractivity contribution in [1.29, 1.82) is 0 Å². The second-order valence-electron chi connectivity index (χ2n) is 7.62. The molecule has 1 fully saturated rings. The summed E-state index contributed by atoms with van der Waals surface area (Å²) in [5, 5.41) is 7.98. The standard InChI is InChI=1S/C20H21N5O4S/c1-12-3-2-6-24(10-12)20-23-25-18(27)14(9-22-19(25)30-20)17(26)21-8-13-4-5-15-16(7-13)29-11-28-15/h4-5,7,9,12H,2-3,6,8,10-11H2,1H3,(H,21,26)/t12-/m0/s1. The van der Waals surface area contributed by atoms with Gasteiger partial charge in [0.25, 0.3) is 11.5 Å². The van der Waals surface area contributed by atoms with Gasteiger partial charge in [-0.3, -0.25) is 9.59 Å². The van der Waals surface area contributed by atoms with Crippen LogP contribution in [-0.4, -0.2) is 40.4 Å². The first-order valence-corrected chi connectivity index (χ1v) is 10.7. The Morgan fingerprint density at radius 3 is 3.07 bits per heavy atom. The normalized spacial score (nSPS) is 18.0. The molecule has 3 aromatic rings. The van der Waals surface area contributed by atoms with Crippen LogP contribution in [0.4, 0.5) is 5.13 Å². The molecule has 0 radical (unpaired) electrons. The van der Waals surface area contributed by atoms with Crippen LogP contribution in [-0.2, 0) is 6.54 Å². The highest BCUT2D eigenvalue weighted by Gasteiger charge is 2.22. The van der Waals surface area contributed by atoms with Crippen molar-refractivity contribution in [3.05, 3.63) is 45.9 Å². The quantitative estimate of drug-likeness (QED) is 0.680. The Kier molecular flexibility index (Phi) is 4.78. The number of aromatic nitrogens is 3. The number of carbonyl (C=O) groups is 1. The van der Waals surface area contributed by atoms with Crippen molar-refractivity contribution in [3.63, 3.8) is 0 Å². The zero-order valence-electron chi connectivity index (χ0n) is 16.5. The van der Waals surface area contributed by atoms with Crippen molar-refractivity contribution in [2.45, 2.75) is 26.3 Å². The maximum absolute atomic E-state index is 12.8. The van der Waals surface area contributed by atoms with Crippen molar-refractivity contribution < 1.29 is 14.3 Å². The fourth-order valence-corrected chi connectivity index (χ4v) is 4.65. The number of nitrogens with zero attached hydrogens (tertiary/aromatic N) is 4. The van der Waals surface area contributed by atoms with E-state index in [0.29, 0.717) is 22.4 Å². The average Bonchev–Trinajstić information content (AvgIpc) is 3.39. The van der Waals surface area contributed by atoms with Crippen molar-refractivity contribution in [2.24, 2.45) is 5.92 Å². The summed E-state index contributed by atoms with van der Waals surface area (Å²) < 4.78 is 11.9. The van der Waals surface area contributed by atoms with Crippen molar-refractivity contribution in [1.82, 2.24) is 19.9 Å². The number of anilines is 1. The van der Waals surface area contributed by atoms with E-state index in [4.69, 9.17) is 9.47 Å². The zero-order valence-corrected chi connectivity index (χ0v) is 17.3. The molecule has 2 aliphatic heterocycles. The first kappa shape index (κ1) is 18.9. The van der Waals surface area contributed by atoms with E-state index in [1.54, 1.807) is 6.07 Å². The van der Waals surface area contributed by atoms with E-state index in [1.807, 2.05) is 12.1 Å². The van der Waals surface area contributed by atoms with Crippen LogP contribution < -0.4 is 25.2 Å². The monoisotopic (exact) mass is 427 g/mol. The molecule has 1 aromatic carbocycles. The lowest BCUT2D eigenvalue weighted by Crippen LogP contribution is -2.34. The summed E-state index contributed by atoms with van der Waals surface area (Å²) in [6.45, 7) is 4.50. The SMILES string of the molecule is C[C@H]1CCCN(c2nn3c(=O)c(C(=O)NCc4ccc5c(c4)OCO5)cnc3s2)C1. The summed E-state index contributed by atoms with van der Waals surface area (Å²) in [5.74, 6) is 1.43. The van der Waals surface area contributed by atoms with Crippen molar-refractivity contribution in [3.8, 4) is 11.5 Å². The molecule has 0 unspecified atom stereocenters. The van der Waals surface area contributed by atoms with Gasteiger partial charge in [0, 0.05) is 25.8 Å². The number of rotatable bonds is 4. The summed E-state index contributed by atoms with van der Waals surface area (Å²) in [5.41, 5.74) is 0.352. The molecule has 1 N–H and O–H groups in total. The Morgan fingerprint density at radius 2 is 2.20 bits per heavy atom. The predicted molar refractivity (Wildman–Crippen MR) is 111 cm³/mol. The molecule has 2 aromatic heterocycles. The van der Waals surface area contributed by atoms with Gasteiger partial charge in [-0.2, -0.15) is 4.52 Å². The molecular formula is C20H21N5O4S. The minimum absolute atomic E-state index is 0.0305. The van der Waals surface area contributed by atoms with E-state index in [0.717, 1.165) is 30.2 Å². The Balaban J connectivity index is 1.34. The molecule has 1 amide bonds. The summed E-state index contributed by atoms with van der Waals surface area (Å²) in [6.07, 6.45) is 3.63. The molecule has 0 bridgehead atoms. The van der Waals surface area contributed by atoms with Gasteiger partial charge >= 0.3 is 0 Å². The fraction of sp³-hybridized carbons (Fsp3) is 0.400. The Morgan fingerprint density at radius 1 is 1.33 bits per heavy atom. The van der Waals surface area contributed by atoms with Crippen molar-refractivity contribution in [2.75, 3.05) is 24.8 Å². The number of hydrogen-bond donors (Lipinski definition) is 1. The highest BCUT2D eigenvalue weighted by Crippen LogP contribution is 2.32. The molecular weight excluding hydrogens is 406 g/mol. The van der Waals surface area contributed by atoms with Gasteiger partial charge in [0.1, 0.15) is 5.56 Å². The number of fused-ring (bicyclic) bond motifs is 2. The van der Waals surface area contributed by atoms with E-state index >= 15 is 0 Å². The predicted octanol–water partition coefficient (Wildman–Crippen LogP) is 2.05. The molecule has 0 saturated carbocycles. The maximum atomic E-state index is 12.8. The Bertz CT molecular complexity index is 1170. The molecule has 9 nitrogen and oxygen atoms in total. The number of hydrogen-bond acceptors (Lipinski definition) is 8. The van der Waals surface area contributed by atoms with Gasteiger partial charge in [-0.15, -0.1) is 5.10 Å². The summed E-state index contributed by atoms with van der Waals surface area (Å²) in [7, 11) is 0. The Hall–Kier alpha value is -3.14. The van der Waals surface area contributed by atoms with Crippen LogP contribution in [0.2, 0.25) is 0 Å². The topological polar surface area (TPSA) is 98.1 Å². The van der Waals surface area contributed by atoms with E-state index in [-0.39, 0.29) is 18.9 Å². The van der Waals surface area contributed by atoms with Gasteiger partial charge in [0.15, 0.2) is 11.5 Å². The number of ether oxygens (including phenoxy) is 2. The molecule has 10 heteroatoms.